The highest BCUT2D eigenvalue weighted by atomic mass is 35.5. The summed E-state index contributed by atoms with van der Waals surface area (Å²) in [6, 6.07) is 7.51. The van der Waals surface area contributed by atoms with E-state index in [0.29, 0.717) is 5.02 Å². The van der Waals surface area contributed by atoms with Gasteiger partial charge in [0.05, 0.1) is 6.04 Å². The van der Waals surface area contributed by atoms with Crippen LogP contribution in [0.25, 0.3) is 0 Å². The zero-order chi connectivity index (χ0) is 13.9. The van der Waals surface area contributed by atoms with Crippen LogP contribution in [0.5, 0.6) is 0 Å². The first-order chi connectivity index (χ1) is 8.27. The molecule has 1 unspecified atom stereocenters. The molecule has 0 heterocycles. The van der Waals surface area contributed by atoms with Gasteiger partial charge in [-0.15, -0.1) is 11.6 Å². The van der Waals surface area contributed by atoms with E-state index in [1.807, 2.05) is 56.9 Å². The highest BCUT2D eigenvalue weighted by molar-refractivity contribution is 6.30. The fourth-order valence-corrected chi connectivity index (χ4v) is 2.38. The van der Waals surface area contributed by atoms with E-state index in [9.17, 15) is 4.79 Å². The third-order valence-electron chi connectivity index (χ3n) is 2.85. The molecule has 1 aromatic rings. The number of hydrogen-bond donors (Lipinski definition) is 0. The number of carbonyl (C=O) groups excluding carboxylic acids is 1. The van der Waals surface area contributed by atoms with E-state index in [-0.39, 0.29) is 23.4 Å². The molecule has 0 spiro atoms. The monoisotopic (exact) mass is 287 g/mol. The number of rotatable bonds is 3. The largest absolute Gasteiger partial charge is 0.330 e. The van der Waals surface area contributed by atoms with Crippen LogP contribution in [0.4, 0.5) is 0 Å². The summed E-state index contributed by atoms with van der Waals surface area (Å²) in [5, 5.41) is 0.692. The second kappa shape index (κ2) is 5.94. The molecule has 2 nitrogen and oxygen atoms in total. The molecule has 4 heteroatoms. The Morgan fingerprint density at radius 1 is 1.28 bits per heavy atom. The molecule has 0 N–H and O–H groups in total. The summed E-state index contributed by atoms with van der Waals surface area (Å²) in [6.45, 7) is 8.01. The lowest BCUT2D eigenvalue weighted by atomic mass is 9.99. The Morgan fingerprint density at radius 3 is 2.17 bits per heavy atom. The van der Waals surface area contributed by atoms with Crippen LogP contribution in [0.15, 0.2) is 24.3 Å². The fraction of sp³-hybridized carbons (Fsp3) is 0.500. The molecule has 100 valence electrons. The molecule has 0 saturated carbocycles. The number of benzene rings is 1. The van der Waals surface area contributed by atoms with Gasteiger partial charge in [0.25, 0.3) is 0 Å². The van der Waals surface area contributed by atoms with Crippen molar-refractivity contribution in [3.8, 4) is 0 Å². The summed E-state index contributed by atoms with van der Waals surface area (Å²) < 4.78 is 0. The Balaban J connectivity index is 3.06. The Bertz CT molecular complexity index is 409. The molecule has 0 saturated heterocycles. The summed E-state index contributed by atoms with van der Waals surface area (Å²) >= 11 is 11.6. The Labute approximate surface area is 119 Å². The molecule has 0 aliphatic rings. The highest BCUT2D eigenvalue weighted by Crippen LogP contribution is 2.29. The van der Waals surface area contributed by atoms with Gasteiger partial charge < -0.3 is 4.90 Å². The van der Waals surface area contributed by atoms with Crippen LogP contribution >= 0.6 is 23.2 Å². The summed E-state index contributed by atoms with van der Waals surface area (Å²) in [5.41, 5.74) is 0.776. The van der Waals surface area contributed by atoms with Crippen LogP contribution in [0.2, 0.25) is 5.02 Å². The second-order valence-electron chi connectivity index (χ2n) is 5.30. The number of hydrogen-bond acceptors (Lipinski definition) is 1. The fourth-order valence-electron chi connectivity index (χ4n) is 2.13. The maximum Gasteiger partial charge on any atom is 0.238 e. The first-order valence-electron chi connectivity index (χ1n) is 5.91. The van der Waals surface area contributed by atoms with Gasteiger partial charge in [0.2, 0.25) is 5.91 Å². The van der Waals surface area contributed by atoms with Crippen molar-refractivity contribution in [3.05, 3.63) is 34.9 Å². The molecule has 1 aromatic carbocycles. The number of alkyl halides is 1. The van der Waals surface area contributed by atoms with Crippen LogP contribution in [0.1, 0.15) is 39.3 Å². The number of halogens is 2. The van der Waals surface area contributed by atoms with Crippen LogP contribution in [-0.4, -0.2) is 22.2 Å². The van der Waals surface area contributed by atoms with Crippen molar-refractivity contribution in [2.75, 3.05) is 5.88 Å². The number of nitrogens with zero attached hydrogens (tertiary/aromatic N) is 1. The normalized spacial score (nSPS) is 13.2. The average molecular weight is 288 g/mol. The summed E-state index contributed by atoms with van der Waals surface area (Å²) in [7, 11) is 0. The summed E-state index contributed by atoms with van der Waals surface area (Å²) in [4.78, 5) is 13.8. The molecular weight excluding hydrogens is 269 g/mol. The average Bonchev–Trinajstić information content (AvgIpc) is 2.27. The predicted molar refractivity (Wildman–Crippen MR) is 77.2 cm³/mol. The molecule has 0 radical (unpaired) electrons. The first-order valence-corrected chi connectivity index (χ1v) is 6.82. The van der Waals surface area contributed by atoms with Gasteiger partial charge in [0.15, 0.2) is 0 Å². The molecule has 0 aliphatic heterocycles. The SMILES string of the molecule is CC(c1ccc(Cl)cc1)N(C(=O)CCl)C(C)(C)C. The third-order valence-corrected chi connectivity index (χ3v) is 3.33. The zero-order valence-electron chi connectivity index (χ0n) is 11.2. The van der Waals surface area contributed by atoms with Gasteiger partial charge in [-0.05, 0) is 45.4 Å². The van der Waals surface area contributed by atoms with Crippen molar-refractivity contribution < 1.29 is 4.79 Å². The molecular formula is C14H19Cl2NO. The Kier molecular flexibility index (Phi) is 5.06. The summed E-state index contributed by atoms with van der Waals surface area (Å²) in [5.74, 6) is -0.0681. The molecule has 0 aliphatic carbocycles. The number of carbonyl (C=O) groups is 1. The van der Waals surface area contributed by atoms with E-state index in [0.717, 1.165) is 5.56 Å². The van der Waals surface area contributed by atoms with Crippen molar-refractivity contribution in [1.29, 1.82) is 0 Å². The van der Waals surface area contributed by atoms with Gasteiger partial charge in [-0.25, -0.2) is 0 Å². The first kappa shape index (κ1) is 15.3. The lowest BCUT2D eigenvalue weighted by Gasteiger charge is -2.40. The molecule has 1 rings (SSSR count). The lowest BCUT2D eigenvalue weighted by molar-refractivity contribution is -0.136. The quantitative estimate of drug-likeness (QED) is 0.761. The van der Waals surface area contributed by atoms with Gasteiger partial charge in [-0.2, -0.15) is 0 Å². The van der Waals surface area contributed by atoms with Gasteiger partial charge in [0.1, 0.15) is 5.88 Å². The van der Waals surface area contributed by atoms with Crippen molar-refractivity contribution in [2.24, 2.45) is 0 Å². The smallest absolute Gasteiger partial charge is 0.238 e. The molecule has 1 atom stereocenters. The van der Waals surface area contributed by atoms with Gasteiger partial charge in [0, 0.05) is 10.6 Å². The van der Waals surface area contributed by atoms with Gasteiger partial charge in [-0.3, -0.25) is 4.79 Å². The molecule has 1 amide bonds. The lowest BCUT2D eigenvalue weighted by Crippen LogP contribution is -2.47. The van der Waals surface area contributed by atoms with E-state index >= 15 is 0 Å². The maximum absolute atomic E-state index is 12.0. The zero-order valence-corrected chi connectivity index (χ0v) is 12.7. The molecule has 0 fully saturated rings. The van der Waals surface area contributed by atoms with E-state index in [2.05, 4.69) is 0 Å². The standard InChI is InChI=1S/C14H19Cl2NO/c1-10(11-5-7-12(16)8-6-11)17(13(18)9-15)14(2,3)4/h5-8,10H,9H2,1-4H3. The minimum absolute atomic E-state index is 0.00476. The molecule has 18 heavy (non-hydrogen) atoms. The molecule has 0 bridgehead atoms. The third kappa shape index (κ3) is 3.63. The van der Waals surface area contributed by atoms with Crippen LogP contribution in [0.3, 0.4) is 0 Å². The van der Waals surface area contributed by atoms with Crippen LogP contribution in [0, 0.1) is 0 Å². The van der Waals surface area contributed by atoms with Crippen molar-refractivity contribution in [1.82, 2.24) is 4.90 Å². The topological polar surface area (TPSA) is 20.3 Å². The van der Waals surface area contributed by atoms with Crippen molar-refractivity contribution in [2.45, 2.75) is 39.3 Å². The Hall–Kier alpha value is -0.730. The van der Waals surface area contributed by atoms with Crippen LogP contribution < -0.4 is 0 Å². The summed E-state index contributed by atoms with van der Waals surface area (Å²) in [6.07, 6.45) is 0. The van der Waals surface area contributed by atoms with Crippen molar-refractivity contribution >= 4 is 29.1 Å². The van der Waals surface area contributed by atoms with E-state index in [1.165, 1.54) is 0 Å². The van der Waals surface area contributed by atoms with Crippen molar-refractivity contribution in [3.63, 3.8) is 0 Å². The minimum Gasteiger partial charge on any atom is -0.330 e. The molecule has 0 aromatic heterocycles. The van der Waals surface area contributed by atoms with Crippen LogP contribution in [-0.2, 0) is 4.79 Å². The predicted octanol–water partition coefficient (Wildman–Crippen LogP) is 4.27. The van der Waals surface area contributed by atoms with E-state index < -0.39 is 0 Å². The van der Waals surface area contributed by atoms with E-state index in [4.69, 9.17) is 23.2 Å². The minimum atomic E-state index is -0.273. The Morgan fingerprint density at radius 2 is 1.78 bits per heavy atom. The second-order valence-corrected chi connectivity index (χ2v) is 6.00. The maximum atomic E-state index is 12.0. The van der Waals surface area contributed by atoms with E-state index in [1.54, 1.807) is 0 Å². The number of amides is 1. The van der Waals surface area contributed by atoms with Gasteiger partial charge >= 0.3 is 0 Å². The highest BCUT2D eigenvalue weighted by Gasteiger charge is 2.30. The van der Waals surface area contributed by atoms with Gasteiger partial charge in [-0.1, -0.05) is 23.7 Å².